The minimum Gasteiger partial charge on any atom is -0.446 e. The molecule has 1 rings (SSSR count). The Hall–Kier alpha value is -0.860. The molecule has 7 nitrogen and oxygen atoms in total. The van der Waals surface area contributed by atoms with Crippen LogP contribution in [0.4, 0.5) is 4.79 Å². The van der Waals surface area contributed by atoms with Crippen molar-refractivity contribution < 1.29 is 17.9 Å². The molecule has 0 aliphatic carbocycles. The summed E-state index contributed by atoms with van der Waals surface area (Å²) in [7, 11) is -3.84. The Labute approximate surface area is 121 Å². The Morgan fingerprint density at radius 2 is 2.20 bits per heavy atom. The lowest BCUT2D eigenvalue weighted by Crippen LogP contribution is -2.47. The van der Waals surface area contributed by atoms with E-state index in [1.165, 1.54) is 4.31 Å². The SMILES string of the molecule is CCN(CC1CCCNC1)S(=O)(=O)NC(=O)OC(C)C. The first-order chi connectivity index (χ1) is 9.35. The van der Waals surface area contributed by atoms with Crippen molar-refractivity contribution >= 4 is 16.3 Å². The summed E-state index contributed by atoms with van der Waals surface area (Å²) in [6.07, 6.45) is 0.753. The van der Waals surface area contributed by atoms with Crippen molar-refractivity contribution in [3.8, 4) is 0 Å². The molecule has 1 aliphatic rings. The van der Waals surface area contributed by atoms with Gasteiger partial charge in [-0.2, -0.15) is 12.7 Å². The van der Waals surface area contributed by atoms with Crippen LogP contribution in [0.5, 0.6) is 0 Å². The Morgan fingerprint density at radius 1 is 1.50 bits per heavy atom. The number of hydrogen-bond donors (Lipinski definition) is 2. The second-order valence-corrected chi connectivity index (χ2v) is 6.89. The number of hydrogen-bond acceptors (Lipinski definition) is 5. The van der Waals surface area contributed by atoms with Gasteiger partial charge in [0.05, 0.1) is 6.10 Å². The van der Waals surface area contributed by atoms with E-state index in [4.69, 9.17) is 4.74 Å². The molecule has 0 bridgehead atoms. The third-order valence-electron chi connectivity index (χ3n) is 3.11. The molecule has 0 aromatic rings. The lowest BCUT2D eigenvalue weighted by Gasteiger charge is -2.28. The molecular weight excluding hydrogens is 282 g/mol. The summed E-state index contributed by atoms with van der Waals surface area (Å²) in [5.41, 5.74) is 0. The molecule has 1 fully saturated rings. The molecule has 2 N–H and O–H groups in total. The smallest absolute Gasteiger partial charge is 0.422 e. The third-order valence-corrected chi connectivity index (χ3v) is 4.62. The molecule has 1 atom stereocenters. The lowest BCUT2D eigenvalue weighted by atomic mass is 10.00. The number of nitrogens with zero attached hydrogens (tertiary/aromatic N) is 1. The lowest BCUT2D eigenvalue weighted by molar-refractivity contribution is 0.121. The van der Waals surface area contributed by atoms with Gasteiger partial charge in [-0.25, -0.2) is 9.52 Å². The number of piperidine rings is 1. The van der Waals surface area contributed by atoms with Crippen molar-refractivity contribution in [1.82, 2.24) is 14.3 Å². The van der Waals surface area contributed by atoms with E-state index < -0.39 is 16.3 Å². The Bertz CT molecular complexity index is 405. The average Bonchev–Trinajstić information content (AvgIpc) is 2.35. The number of carbonyl (C=O) groups is 1. The Balaban J connectivity index is 2.59. The van der Waals surface area contributed by atoms with Crippen molar-refractivity contribution in [3.05, 3.63) is 0 Å². The van der Waals surface area contributed by atoms with E-state index in [2.05, 4.69) is 5.32 Å². The van der Waals surface area contributed by atoms with Crippen LogP contribution in [0.25, 0.3) is 0 Å². The van der Waals surface area contributed by atoms with Crippen LogP contribution < -0.4 is 10.0 Å². The van der Waals surface area contributed by atoms with E-state index >= 15 is 0 Å². The highest BCUT2D eigenvalue weighted by atomic mass is 32.2. The second kappa shape index (κ2) is 7.80. The maximum absolute atomic E-state index is 12.1. The number of ether oxygens (including phenoxy) is 1. The molecular formula is C12H25N3O4S. The topological polar surface area (TPSA) is 87.7 Å². The van der Waals surface area contributed by atoms with Gasteiger partial charge in [-0.05, 0) is 45.7 Å². The maximum Gasteiger partial charge on any atom is 0.422 e. The molecule has 8 heteroatoms. The van der Waals surface area contributed by atoms with E-state index in [-0.39, 0.29) is 12.0 Å². The zero-order valence-corrected chi connectivity index (χ0v) is 13.2. The van der Waals surface area contributed by atoms with Gasteiger partial charge in [-0.3, -0.25) is 0 Å². The van der Waals surface area contributed by atoms with Crippen LogP contribution in [-0.2, 0) is 14.9 Å². The predicted octanol–water partition coefficient (Wildman–Crippen LogP) is 0.687. The average molecular weight is 307 g/mol. The molecule has 20 heavy (non-hydrogen) atoms. The minimum atomic E-state index is -3.84. The highest BCUT2D eigenvalue weighted by Gasteiger charge is 2.27. The van der Waals surface area contributed by atoms with Crippen molar-refractivity contribution in [2.45, 2.75) is 39.7 Å². The minimum absolute atomic E-state index is 0.279. The van der Waals surface area contributed by atoms with Gasteiger partial charge in [0, 0.05) is 13.1 Å². The van der Waals surface area contributed by atoms with Crippen LogP contribution in [-0.4, -0.2) is 51.1 Å². The number of carbonyl (C=O) groups excluding carboxylic acids is 1. The summed E-state index contributed by atoms with van der Waals surface area (Å²) < 4.78 is 32.3. The summed E-state index contributed by atoms with van der Waals surface area (Å²) in [5.74, 6) is 0.279. The van der Waals surface area contributed by atoms with E-state index in [0.717, 1.165) is 25.9 Å². The van der Waals surface area contributed by atoms with Gasteiger partial charge < -0.3 is 10.1 Å². The van der Waals surface area contributed by atoms with E-state index in [0.29, 0.717) is 13.1 Å². The van der Waals surface area contributed by atoms with Gasteiger partial charge in [-0.15, -0.1) is 0 Å². The number of amides is 1. The molecule has 0 saturated carbocycles. The van der Waals surface area contributed by atoms with Crippen LogP contribution in [0.1, 0.15) is 33.6 Å². The fourth-order valence-electron chi connectivity index (χ4n) is 2.17. The fourth-order valence-corrected chi connectivity index (χ4v) is 3.31. The quantitative estimate of drug-likeness (QED) is 0.754. The first kappa shape index (κ1) is 17.2. The highest BCUT2D eigenvalue weighted by Crippen LogP contribution is 2.13. The van der Waals surface area contributed by atoms with Crippen molar-refractivity contribution in [2.75, 3.05) is 26.2 Å². The summed E-state index contributed by atoms with van der Waals surface area (Å²) in [4.78, 5) is 11.4. The zero-order chi connectivity index (χ0) is 15.2. The number of nitrogens with one attached hydrogen (secondary N) is 2. The van der Waals surface area contributed by atoms with Crippen LogP contribution in [0.15, 0.2) is 0 Å². The van der Waals surface area contributed by atoms with Crippen LogP contribution in [0.3, 0.4) is 0 Å². The van der Waals surface area contributed by atoms with E-state index in [1.54, 1.807) is 20.8 Å². The van der Waals surface area contributed by atoms with Gasteiger partial charge in [-0.1, -0.05) is 6.92 Å². The molecule has 1 unspecified atom stereocenters. The van der Waals surface area contributed by atoms with E-state index in [9.17, 15) is 13.2 Å². The van der Waals surface area contributed by atoms with Crippen LogP contribution in [0.2, 0.25) is 0 Å². The monoisotopic (exact) mass is 307 g/mol. The van der Waals surface area contributed by atoms with Crippen molar-refractivity contribution in [1.29, 1.82) is 0 Å². The van der Waals surface area contributed by atoms with Crippen LogP contribution in [0, 0.1) is 5.92 Å². The summed E-state index contributed by atoms with van der Waals surface area (Å²) in [6.45, 7) is 7.60. The molecule has 0 radical (unpaired) electrons. The van der Waals surface area contributed by atoms with Crippen LogP contribution >= 0.6 is 0 Å². The zero-order valence-electron chi connectivity index (χ0n) is 12.4. The van der Waals surface area contributed by atoms with E-state index in [1.807, 2.05) is 4.72 Å². The standard InChI is InChI=1S/C12H25N3O4S/c1-4-15(9-11-6-5-7-13-8-11)20(17,18)14-12(16)19-10(2)3/h10-11,13H,4-9H2,1-3H3,(H,14,16). The molecule has 0 spiro atoms. The highest BCUT2D eigenvalue weighted by molar-refractivity contribution is 7.87. The van der Waals surface area contributed by atoms with Gasteiger partial charge >= 0.3 is 16.3 Å². The molecule has 1 aliphatic heterocycles. The molecule has 118 valence electrons. The summed E-state index contributed by atoms with van der Waals surface area (Å²) >= 11 is 0. The van der Waals surface area contributed by atoms with Crippen molar-refractivity contribution in [2.24, 2.45) is 5.92 Å². The van der Waals surface area contributed by atoms with Gasteiger partial charge in [0.2, 0.25) is 0 Å². The first-order valence-corrected chi connectivity index (χ1v) is 8.48. The summed E-state index contributed by atoms with van der Waals surface area (Å²) in [5, 5.41) is 3.25. The predicted molar refractivity (Wildman–Crippen MR) is 76.5 cm³/mol. The third kappa shape index (κ3) is 5.64. The fraction of sp³-hybridized carbons (Fsp3) is 0.917. The van der Waals surface area contributed by atoms with Gasteiger partial charge in [0.25, 0.3) is 0 Å². The van der Waals surface area contributed by atoms with Gasteiger partial charge in [0.1, 0.15) is 0 Å². The number of rotatable bonds is 6. The molecule has 1 saturated heterocycles. The Kier molecular flexibility index (Phi) is 6.70. The normalized spacial score (nSPS) is 20.1. The van der Waals surface area contributed by atoms with Gasteiger partial charge in [0.15, 0.2) is 0 Å². The summed E-state index contributed by atoms with van der Waals surface area (Å²) in [6, 6.07) is 0. The molecule has 1 amide bonds. The molecule has 0 aromatic heterocycles. The molecule has 0 aromatic carbocycles. The first-order valence-electron chi connectivity index (χ1n) is 7.04. The van der Waals surface area contributed by atoms with Crippen molar-refractivity contribution in [3.63, 3.8) is 0 Å². The maximum atomic E-state index is 12.1. The second-order valence-electron chi connectivity index (χ2n) is 5.22. The largest absolute Gasteiger partial charge is 0.446 e. The Morgan fingerprint density at radius 3 is 2.70 bits per heavy atom. The molecule has 1 heterocycles.